The molecule has 0 aliphatic rings. The second kappa shape index (κ2) is 8.34. The standard InChI is InChI=1S/C17H15N3O5/c21-15(22)8-9-18-16(23)11-4-6-13(7-5-11)19-20-14-3-1-2-12(10-14)17(24)25/h1-7,10H,8-9H2,(H,18,23)(H,21,22)(H,24,25). The van der Waals surface area contributed by atoms with Crippen molar-refractivity contribution in [3.05, 3.63) is 59.7 Å². The third-order valence-corrected chi connectivity index (χ3v) is 3.13. The van der Waals surface area contributed by atoms with Crippen molar-refractivity contribution in [3.63, 3.8) is 0 Å². The molecule has 0 atom stereocenters. The van der Waals surface area contributed by atoms with Crippen LogP contribution < -0.4 is 5.32 Å². The van der Waals surface area contributed by atoms with Gasteiger partial charge in [-0.3, -0.25) is 9.59 Å². The molecule has 3 N–H and O–H groups in total. The van der Waals surface area contributed by atoms with Gasteiger partial charge in [-0.25, -0.2) is 4.79 Å². The topological polar surface area (TPSA) is 128 Å². The lowest BCUT2D eigenvalue weighted by molar-refractivity contribution is -0.136. The normalized spacial score (nSPS) is 10.6. The van der Waals surface area contributed by atoms with Crippen LogP contribution in [0.1, 0.15) is 27.1 Å². The number of carbonyl (C=O) groups is 3. The first-order chi connectivity index (χ1) is 12.0. The molecule has 0 aliphatic carbocycles. The first kappa shape index (κ1) is 17.8. The van der Waals surface area contributed by atoms with E-state index in [1.807, 2.05) is 0 Å². The summed E-state index contributed by atoms with van der Waals surface area (Å²) in [5.74, 6) is -2.41. The maximum absolute atomic E-state index is 11.8. The highest BCUT2D eigenvalue weighted by Crippen LogP contribution is 2.19. The van der Waals surface area contributed by atoms with Crippen molar-refractivity contribution in [2.24, 2.45) is 10.2 Å². The predicted molar refractivity (Wildman–Crippen MR) is 88.6 cm³/mol. The number of benzene rings is 2. The first-order valence-electron chi connectivity index (χ1n) is 7.31. The van der Waals surface area contributed by atoms with Crippen LogP contribution >= 0.6 is 0 Å². The third kappa shape index (κ3) is 5.54. The molecule has 0 bridgehead atoms. The summed E-state index contributed by atoms with van der Waals surface area (Å²) < 4.78 is 0. The third-order valence-electron chi connectivity index (χ3n) is 3.13. The molecule has 25 heavy (non-hydrogen) atoms. The number of rotatable bonds is 7. The molecule has 0 fully saturated rings. The van der Waals surface area contributed by atoms with Crippen molar-refractivity contribution < 1.29 is 24.6 Å². The second-order valence-corrected chi connectivity index (χ2v) is 5.00. The zero-order valence-corrected chi connectivity index (χ0v) is 13.0. The van der Waals surface area contributed by atoms with Gasteiger partial charge >= 0.3 is 11.9 Å². The van der Waals surface area contributed by atoms with Crippen molar-refractivity contribution >= 4 is 29.2 Å². The molecule has 8 heteroatoms. The van der Waals surface area contributed by atoms with Gasteiger partial charge < -0.3 is 15.5 Å². The van der Waals surface area contributed by atoms with Crippen molar-refractivity contribution in [3.8, 4) is 0 Å². The fraction of sp³-hybridized carbons (Fsp3) is 0.118. The molecule has 0 aromatic heterocycles. The van der Waals surface area contributed by atoms with Crippen LogP contribution in [-0.4, -0.2) is 34.6 Å². The van der Waals surface area contributed by atoms with Gasteiger partial charge in [0.1, 0.15) is 0 Å². The molecule has 2 aromatic carbocycles. The minimum Gasteiger partial charge on any atom is -0.481 e. The Morgan fingerprint density at radius 2 is 1.56 bits per heavy atom. The molecular weight excluding hydrogens is 326 g/mol. The number of aliphatic carboxylic acids is 1. The Morgan fingerprint density at radius 1 is 0.880 bits per heavy atom. The summed E-state index contributed by atoms with van der Waals surface area (Å²) >= 11 is 0. The maximum atomic E-state index is 11.8. The van der Waals surface area contributed by atoms with Gasteiger partial charge in [-0.1, -0.05) is 6.07 Å². The van der Waals surface area contributed by atoms with Crippen LogP contribution in [0.5, 0.6) is 0 Å². The Kier molecular flexibility index (Phi) is 5.94. The number of carboxylic acids is 2. The number of amides is 1. The lowest BCUT2D eigenvalue weighted by Crippen LogP contribution is -2.25. The van der Waals surface area contributed by atoms with Gasteiger partial charge in [0.2, 0.25) is 0 Å². The number of aromatic carboxylic acids is 1. The van der Waals surface area contributed by atoms with Crippen molar-refractivity contribution in [2.75, 3.05) is 6.54 Å². The van der Waals surface area contributed by atoms with E-state index in [1.54, 1.807) is 24.3 Å². The monoisotopic (exact) mass is 341 g/mol. The lowest BCUT2D eigenvalue weighted by Gasteiger charge is -2.03. The Morgan fingerprint density at radius 3 is 2.20 bits per heavy atom. The predicted octanol–water partition coefficient (Wildman–Crippen LogP) is 3.00. The highest BCUT2D eigenvalue weighted by Gasteiger charge is 2.06. The summed E-state index contributed by atoms with van der Waals surface area (Å²) in [5.41, 5.74) is 1.38. The molecule has 0 spiro atoms. The van der Waals surface area contributed by atoms with Gasteiger partial charge in [0, 0.05) is 12.1 Å². The van der Waals surface area contributed by atoms with E-state index < -0.39 is 11.9 Å². The molecule has 128 valence electrons. The van der Waals surface area contributed by atoms with Crippen molar-refractivity contribution in [2.45, 2.75) is 6.42 Å². The van der Waals surface area contributed by atoms with Gasteiger partial charge in [-0.15, -0.1) is 0 Å². The highest BCUT2D eigenvalue weighted by molar-refractivity contribution is 5.94. The summed E-state index contributed by atoms with van der Waals surface area (Å²) in [7, 11) is 0. The largest absolute Gasteiger partial charge is 0.481 e. The van der Waals surface area contributed by atoms with E-state index in [0.29, 0.717) is 16.9 Å². The fourth-order valence-electron chi connectivity index (χ4n) is 1.88. The van der Waals surface area contributed by atoms with Gasteiger partial charge in [0.05, 0.1) is 23.4 Å². The van der Waals surface area contributed by atoms with Crippen LogP contribution in [0, 0.1) is 0 Å². The molecule has 0 saturated heterocycles. The summed E-state index contributed by atoms with van der Waals surface area (Å²) in [6.45, 7) is 0.0511. The maximum Gasteiger partial charge on any atom is 0.335 e. The average molecular weight is 341 g/mol. The van der Waals surface area contributed by atoms with Crippen LogP contribution in [0.2, 0.25) is 0 Å². The SMILES string of the molecule is O=C(O)CCNC(=O)c1ccc(N=Nc2cccc(C(=O)O)c2)cc1. The van der Waals surface area contributed by atoms with Gasteiger partial charge in [0.15, 0.2) is 0 Å². The van der Waals surface area contributed by atoms with E-state index in [2.05, 4.69) is 15.5 Å². The van der Waals surface area contributed by atoms with E-state index in [-0.39, 0.29) is 24.4 Å². The number of hydrogen-bond donors (Lipinski definition) is 3. The van der Waals surface area contributed by atoms with Gasteiger partial charge in [-0.05, 0) is 42.5 Å². The molecule has 0 heterocycles. The molecule has 0 saturated carbocycles. The smallest absolute Gasteiger partial charge is 0.335 e. The molecule has 0 aliphatic heterocycles. The van der Waals surface area contributed by atoms with Crippen molar-refractivity contribution in [1.29, 1.82) is 0 Å². The summed E-state index contributed by atoms with van der Waals surface area (Å²) in [5, 5.41) is 27.9. The highest BCUT2D eigenvalue weighted by atomic mass is 16.4. The van der Waals surface area contributed by atoms with Crippen LogP contribution in [0.4, 0.5) is 11.4 Å². The Hall–Kier alpha value is -3.55. The second-order valence-electron chi connectivity index (χ2n) is 5.00. The minimum absolute atomic E-state index is 0.0511. The van der Waals surface area contributed by atoms with Crippen LogP contribution in [0.25, 0.3) is 0 Å². The Balaban J connectivity index is 2.00. The number of carboxylic acid groups (broad SMARTS) is 2. The number of nitrogens with one attached hydrogen (secondary N) is 1. The minimum atomic E-state index is -1.05. The van der Waals surface area contributed by atoms with Crippen molar-refractivity contribution in [1.82, 2.24) is 5.32 Å². The zero-order chi connectivity index (χ0) is 18.2. The van der Waals surface area contributed by atoms with Crippen LogP contribution in [0.3, 0.4) is 0 Å². The van der Waals surface area contributed by atoms with E-state index in [0.717, 1.165) is 0 Å². The molecule has 2 rings (SSSR count). The number of hydrogen-bond acceptors (Lipinski definition) is 5. The summed E-state index contributed by atoms with van der Waals surface area (Å²) in [4.78, 5) is 33.1. The summed E-state index contributed by atoms with van der Waals surface area (Å²) in [6.07, 6.45) is -0.145. The molecule has 1 amide bonds. The molecule has 0 unspecified atom stereocenters. The molecule has 2 aromatic rings. The first-order valence-corrected chi connectivity index (χ1v) is 7.31. The number of nitrogens with zero attached hydrogens (tertiary/aromatic N) is 2. The molecule has 0 radical (unpaired) electrons. The summed E-state index contributed by atoms with van der Waals surface area (Å²) in [6, 6.07) is 12.3. The molecular formula is C17H15N3O5. The number of carbonyl (C=O) groups excluding carboxylic acids is 1. The zero-order valence-electron chi connectivity index (χ0n) is 13.0. The number of azo groups is 1. The van der Waals surface area contributed by atoms with Crippen LogP contribution in [0.15, 0.2) is 58.8 Å². The average Bonchev–Trinajstić information content (AvgIpc) is 2.60. The van der Waals surface area contributed by atoms with Gasteiger partial charge in [0.25, 0.3) is 5.91 Å². The Bertz CT molecular complexity index is 815. The van der Waals surface area contributed by atoms with E-state index in [1.165, 1.54) is 24.3 Å². The molecule has 8 nitrogen and oxygen atoms in total. The Labute approximate surface area is 142 Å². The van der Waals surface area contributed by atoms with E-state index in [4.69, 9.17) is 10.2 Å². The quantitative estimate of drug-likeness (QED) is 0.667. The van der Waals surface area contributed by atoms with Crippen LogP contribution in [-0.2, 0) is 4.79 Å². The van der Waals surface area contributed by atoms with E-state index >= 15 is 0 Å². The van der Waals surface area contributed by atoms with E-state index in [9.17, 15) is 14.4 Å². The lowest BCUT2D eigenvalue weighted by atomic mass is 10.2. The van der Waals surface area contributed by atoms with Gasteiger partial charge in [-0.2, -0.15) is 10.2 Å². The fourth-order valence-corrected chi connectivity index (χ4v) is 1.88.